The van der Waals surface area contributed by atoms with Gasteiger partial charge < -0.3 is 9.42 Å². The number of carbonyl (C=O) groups excluding carboxylic acids is 1. The van der Waals surface area contributed by atoms with Crippen LogP contribution >= 0.6 is 0 Å². The first-order valence-electron chi connectivity index (χ1n) is 8.44. The van der Waals surface area contributed by atoms with Crippen molar-refractivity contribution in [3.63, 3.8) is 0 Å². The van der Waals surface area contributed by atoms with E-state index in [2.05, 4.69) is 10.1 Å². The molecule has 1 amide bonds. The standard InChI is InChI=1S/C18H20F3N3O2/c1-13-11-16(22-26-13)12-23-7-2-8-24(10-9-23)17(25)14-3-5-15(6-4-14)18(19,20)21/h3-6,11H,2,7-10,12H2,1H3. The summed E-state index contributed by atoms with van der Waals surface area (Å²) in [5.74, 6) is 0.520. The molecule has 0 aliphatic carbocycles. The molecule has 0 unspecified atom stereocenters. The zero-order valence-electron chi connectivity index (χ0n) is 14.4. The first-order chi connectivity index (χ1) is 12.3. The van der Waals surface area contributed by atoms with Crippen molar-refractivity contribution >= 4 is 5.91 Å². The second-order valence-electron chi connectivity index (χ2n) is 6.43. The van der Waals surface area contributed by atoms with E-state index in [-0.39, 0.29) is 11.5 Å². The van der Waals surface area contributed by atoms with Crippen molar-refractivity contribution < 1.29 is 22.5 Å². The second-order valence-corrected chi connectivity index (χ2v) is 6.43. The van der Waals surface area contributed by atoms with E-state index >= 15 is 0 Å². The van der Waals surface area contributed by atoms with Crippen molar-refractivity contribution in [3.05, 3.63) is 52.9 Å². The Morgan fingerprint density at radius 3 is 2.50 bits per heavy atom. The summed E-state index contributed by atoms with van der Waals surface area (Å²) in [7, 11) is 0. The Bertz CT molecular complexity index is 756. The molecule has 0 N–H and O–H groups in total. The average Bonchev–Trinajstić information content (AvgIpc) is 2.87. The zero-order valence-corrected chi connectivity index (χ0v) is 14.4. The summed E-state index contributed by atoms with van der Waals surface area (Å²) in [5, 5.41) is 3.98. The van der Waals surface area contributed by atoms with Crippen LogP contribution < -0.4 is 0 Å². The van der Waals surface area contributed by atoms with E-state index in [0.717, 1.165) is 36.6 Å². The summed E-state index contributed by atoms with van der Waals surface area (Å²) in [6, 6.07) is 6.27. The van der Waals surface area contributed by atoms with Crippen LogP contribution in [0.4, 0.5) is 13.2 Å². The molecular formula is C18H20F3N3O2. The van der Waals surface area contributed by atoms with Crippen LogP contribution in [-0.2, 0) is 12.7 Å². The van der Waals surface area contributed by atoms with Crippen LogP contribution in [0.15, 0.2) is 34.9 Å². The molecule has 1 aliphatic rings. The van der Waals surface area contributed by atoms with Crippen molar-refractivity contribution in [3.8, 4) is 0 Å². The summed E-state index contributed by atoms with van der Waals surface area (Å²) in [4.78, 5) is 16.5. The molecule has 1 saturated heterocycles. The van der Waals surface area contributed by atoms with Crippen molar-refractivity contribution in [1.82, 2.24) is 15.0 Å². The minimum Gasteiger partial charge on any atom is -0.361 e. The highest BCUT2D eigenvalue weighted by Crippen LogP contribution is 2.29. The number of alkyl halides is 3. The van der Waals surface area contributed by atoms with Gasteiger partial charge in [0, 0.05) is 44.4 Å². The maximum Gasteiger partial charge on any atom is 0.416 e. The van der Waals surface area contributed by atoms with Crippen molar-refractivity contribution in [1.29, 1.82) is 0 Å². The number of nitrogens with zero attached hydrogens (tertiary/aromatic N) is 3. The smallest absolute Gasteiger partial charge is 0.361 e. The summed E-state index contributed by atoms with van der Waals surface area (Å²) in [6.07, 6.45) is -3.60. The molecule has 0 saturated carbocycles. The van der Waals surface area contributed by atoms with Gasteiger partial charge in [0.25, 0.3) is 5.91 Å². The fourth-order valence-electron chi connectivity index (χ4n) is 3.04. The minimum atomic E-state index is -4.40. The largest absolute Gasteiger partial charge is 0.416 e. The number of benzene rings is 1. The topological polar surface area (TPSA) is 49.6 Å². The van der Waals surface area contributed by atoms with Gasteiger partial charge in [-0.05, 0) is 37.6 Å². The minimum absolute atomic E-state index is 0.238. The van der Waals surface area contributed by atoms with E-state index in [4.69, 9.17) is 4.52 Å². The molecule has 0 radical (unpaired) electrons. The monoisotopic (exact) mass is 367 g/mol. The lowest BCUT2D eigenvalue weighted by Gasteiger charge is -2.21. The zero-order chi connectivity index (χ0) is 18.7. The quantitative estimate of drug-likeness (QED) is 0.835. The maximum atomic E-state index is 12.6. The lowest BCUT2D eigenvalue weighted by Crippen LogP contribution is -2.35. The first kappa shape index (κ1) is 18.4. The Kier molecular flexibility index (Phi) is 5.31. The van der Waals surface area contributed by atoms with Crippen LogP contribution in [0.25, 0.3) is 0 Å². The number of amides is 1. The lowest BCUT2D eigenvalue weighted by molar-refractivity contribution is -0.137. The molecule has 1 aliphatic heterocycles. The summed E-state index contributed by atoms with van der Waals surface area (Å²) < 4.78 is 43.0. The fraction of sp³-hybridized carbons (Fsp3) is 0.444. The van der Waals surface area contributed by atoms with Gasteiger partial charge in [-0.3, -0.25) is 9.69 Å². The summed E-state index contributed by atoms with van der Waals surface area (Å²) in [6.45, 7) is 5.09. The third kappa shape index (κ3) is 4.43. The van der Waals surface area contributed by atoms with Crippen LogP contribution in [-0.4, -0.2) is 47.0 Å². The Labute approximate surface area is 149 Å². The van der Waals surface area contributed by atoms with Gasteiger partial charge in [0.1, 0.15) is 5.76 Å². The van der Waals surface area contributed by atoms with E-state index in [1.807, 2.05) is 13.0 Å². The first-order valence-corrected chi connectivity index (χ1v) is 8.44. The van der Waals surface area contributed by atoms with Crippen LogP contribution in [0, 0.1) is 6.92 Å². The number of carbonyl (C=O) groups is 1. The predicted octanol–water partition coefficient (Wildman–Crippen LogP) is 3.35. The number of hydrogen-bond acceptors (Lipinski definition) is 4. The van der Waals surface area contributed by atoms with Gasteiger partial charge in [0.05, 0.1) is 11.3 Å². The Hall–Kier alpha value is -2.35. The molecule has 2 aromatic rings. The Morgan fingerprint density at radius 1 is 1.15 bits per heavy atom. The van der Waals surface area contributed by atoms with Gasteiger partial charge >= 0.3 is 6.18 Å². The lowest BCUT2D eigenvalue weighted by atomic mass is 10.1. The van der Waals surface area contributed by atoms with Crippen LogP contribution in [0.1, 0.15) is 33.8 Å². The highest BCUT2D eigenvalue weighted by atomic mass is 19.4. The van der Waals surface area contributed by atoms with Crippen molar-refractivity contribution in [2.45, 2.75) is 26.1 Å². The van der Waals surface area contributed by atoms with Crippen LogP contribution in [0.5, 0.6) is 0 Å². The summed E-state index contributed by atoms with van der Waals surface area (Å²) >= 11 is 0. The second kappa shape index (κ2) is 7.49. The molecule has 1 aromatic carbocycles. The van der Waals surface area contributed by atoms with Gasteiger partial charge in [0.2, 0.25) is 0 Å². The van der Waals surface area contributed by atoms with Crippen LogP contribution in [0.3, 0.4) is 0 Å². The number of hydrogen-bond donors (Lipinski definition) is 0. The molecule has 0 bridgehead atoms. The Morgan fingerprint density at radius 2 is 1.88 bits per heavy atom. The molecule has 0 spiro atoms. The van der Waals surface area contributed by atoms with Gasteiger partial charge in [-0.25, -0.2) is 0 Å². The molecule has 0 atom stereocenters. The van der Waals surface area contributed by atoms with Crippen molar-refractivity contribution in [2.24, 2.45) is 0 Å². The molecule has 140 valence electrons. The third-order valence-electron chi connectivity index (χ3n) is 4.40. The molecule has 5 nitrogen and oxygen atoms in total. The number of halogens is 3. The predicted molar refractivity (Wildman–Crippen MR) is 88.5 cm³/mol. The van der Waals surface area contributed by atoms with E-state index in [9.17, 15) is 18.0 Å². The highest BCUT2D eigenvalue weighted by Gasteiger charge is 2.30. The Balaban J connectivity index is 1.60. The highest BCUT2D eigenvalue weighted by molar-refractivity contribution is 5.94. The summed E-state index contributed by atoms with van der Waals surface area (Å²) in [5.41, 5.74) is 0.377. The van der Waals surface area contributed by atoms with Gasteiger partial charge in [0.15, 0.2) is 0 Å². The van der Waals surface area contributed by atoms with Crippen LogP contribution in [0.2, 0.25) is 0 Å². The number of aryl methyl sites for hydroxylation is 1. The number of aromatic nitrogens is 1. The SMILES string of the molecule is Cc1cc(CN2CCCN(C(=O)c3ccc(C(F)(F)F)cc3)CC2)no1. The van der Waals surface area contributed by atoms with Crippen molar-refractivity contribution in [2.75, 3.05) is 26.2 Å². The molecule has 1 fully saturated rings. The van der Waals surface area contributed by atoms with E-state index in [1.165, 1.54) is 12.1 Å². The average molecular weight is 367 g/mol. The van der Waals surface area contributed by atoms with E-state index in [0.29, 0.717) is 26.2 Å². The molecule has 3 rings (SSSR count). The molecule has 26 heavy (non-hydrogen) atoms. The molecule has 1 aromatic heterocycles. The molecular weight excluding hydrogens is 347 g/mol. The molecule has 8 heteroatoms. The molecule has 2 heterocycles. The van der Waals surface area contributed by atoms with E-state index < -0.39 is 11.7 Å². The maximum absolute atomic E-state index is 12.6. The van der Waals surface area contributed by atoms with Gasteiger partial charge in [-0.2, -0.15) is 13.2 Å². The normalized spacial score (nSPS) is 16.5. The van der Waals surface area contributed by atoms with Gasteiger partial charge in [-0.15, -0.1) is 0 Å². The number of rotatable bonds is 3. The fourth-order valence-corrected chi connectivity index (χ4v) is 3.04. The van der Waals surface area contributed by atoms with Gasteiger partial charge in [-0.1, -0.05) is 5.16 Å². The third-order valence-corrected chi connectivity index (χ3v) is 4.40. The van der Waals surface area contributed by atoms with E-state index in [1.54, 1.807) is 4.90 Å².